The predicted octanol–water partition coefficient (Wildman–Crippen LogP) is -4.02. The van der Waals surface area contributed by atoms with E-state index in [1.807, 2.05) is 0 Å². The molecule has 0 heterocycles. The fraction of sp³-hybridized carbons (Fsp3) is 0. The van der Waals surface area contributed by atoms with E-state index in [1.54, 1.807) is 0 Å². The second-order valence-corrected chi connectivity index (χ2v) is 3.67. The first-order valence-corrected chi connectivity index (χ1v) is 6.00. The minimum Gasteiger partial charge on any atom is -0.759 e. The van der Waals surface area contributed by atoms with Gasteiger partial charge in [0.25, 0.3) is 0 Å². The first-order valence-electron chi connectivity index (χ1n) is 2.00. The van der Waals surface area contributed by atoms with Gasteiger partial charge in [0.05, 0.1) is 0 Å². The van der Waals surface area contributed by atoms with Gasteiger partial charge in [0, 0.05) is 31.2 Å². The maximum atomic E-state index is 8.52. The van der Waals surface area contributed by atoms with Crippen LogP contribution in [-0.2, 0) is 64.2 Å². The molecule has 0 aromatic heterocycles. The fourth-order valence-electron chi connectivity index (χ4n) is 0. The van der Waals surface area contributed by atoms with Crippen molar-refractivity contribution in [3.8, 4) is 0 Å². The van der Waals surface area contributed by atoms with E-state index >= 15 is 0 Å². The minimum absolute atomic E-state index is 0. The van der Waals surface area contributed by atoms with Gasteiger partial charge in [0.2, 0.25) is 0 Å². The monoisotopic (exact) mass is 404 g/mol. The Morgan fingerprint density at radius 2 is 0.412 bits per heavy atom. The Kier molecular flexibility index (Phi) is 21.0. The Morgan fingerprint density at radius 3 is 0.412 bits per heavy atom. The Labute approximate surface area is 116 Å². The zero-order chi connectivity index (χ0) is 13.5. The average molecular weight is 406 g/mol. The molecule has 0 bridgehead atoms. The van der Waals surface area contributed by atoms with Crippen LogP contribution >= 0.6 is 0 Å². The Bertz CT molecular complexity index is 341. The molecular weight excluding hydrogens is 406 g/mol. The van der Waals surface area contributed by atoms with Crippen LogP contribution in [0.3, 0.4) is 0 Å². The van der Waals surface area contributed by atoms with Crippen molar-refractivity contribution in [3.05, 3.63) is 0 Å². The van der Waals surface area contributed by atoms with Crippen LogP contribution in [0.4, 0.5) is 0 Å². The van der Waals surface area contributed by atoms with Crippen molar-refractivity contribution in [2.45, 2.75) is 0 Å². The van der Waals surface area contributed by atoms with E-state index in [-0.39, 0.29) is 33.0 Å². The van der Waals surface area contributed by atoms with Gasteiger partial charge in [-0.1, -0.05) is 0 Å². The molecule has 0 saturated carbocycles. The zero-order valence-electron chi connectivity index (χ0n) is 6.76. The van der Waals surface area contributed by atoms with Crippen LogP contribution in [0.2, 0.25) is 0 Å². The normalized spacial score (nSPS) is 10.2. The molecule has 110 valence electrons. The molecule has 0 aliphatic heterocycles. The molecule has 0 amide bonds. The van der Waals surface area contributed by atoms with Gasteiger partial charge in [0.15, 0.2) is 0 Å². The van der Waals surface area contributed by atoms with E-state index in [2.05, 4.69) is 0 Å². The molecular formula is Ni2O12S3. The second-order valence-electron chi connectivity index (χ2n) is 1.22. The summed E-state index contributed by atoms with van der Waals surface area (Å²) in [6.45, 7) is 0. The van der Waals surface area contributed by atoms with Crippen LogP contribution in [-0.4, -0.2) is 52.6 Å². The van der Waals surface area contributed by atoms with E-state index in [9.17, 15) is 0 Å². The molecule has 17 heavy (non-hydrogen) atoms. The Morgan fingerprint density at radius 1 is 0.412 bits per heavy atom. The molecule has 0 N–H and O–H groups in total. The maximum Gasteiger partial charge on any atom is 3.00 e. The van der Waals surface area contributed by atoms with E-state index in [0.717, 1.165) is 0 Å². The summed E-state index contributed by atoms with van der Waals surface area (Å²) in [6, 6.07) is 0. The summed E-state index contributed by atoms with van der Waals surface area (Å²) in [5.74, 6) is 0. The summed E-state index contributed by atoms with van der Waals surface area (Å²) in [6.07, 6.45) is 0. The van der Waals surface area contributed by atoms with Crippen LogP contribution in [0.5, 0.6) is 0 Å². The fourth-order valence-corrected chi connectivity index (χ4v) is 0. The van der Waals surface area contributed by atoms with Gasteiger partial charge >= 0.3 is 33.0 Å². The van der Waals surface area contributed by atoms with Gasteiger partial charge in [-0.05, 0) is 0 Å². The molecule has 0 aliphatic rings. The molecule has 0 unspecified atom stereocenters. The largest absolute Gasteiger partial charge is 3.00 e. The van der Waals surface area contributed by atoms with Crippen LogP contribution < -0.4 is 0 Å². The van der Waals surface area contributed by atoms with Crippen molar-refractivity contribution in [3.63, 3.8) is 0 Å². The zero-order valence-corrected chi connectivity index (χ0v) is 11.2. The van der Waals surface area contributed by atoms with E-state index in [1.165, 1.54) is 0 Å². The molecule has 2 radical (unpaired) electrons. The second kappa shape index (κ2) is 11.7. The Balaban J connectivity index is -0.0000000400. The SMILES string of the molecule is O=S(=O)([O-])[O-].O=S(=O)([O-])[O-].O=S(=O)([O-])[O-].[Ni+3].[Ni+3]. The summed E-state index contributed by atoms with van der Waals surface area (Å²) in [4.78, 5) is 0. The minimum atomic E-state index is -5.17. The third-order valence-corrected chi connectivity index (χ3v) is 0. The van der Waals surface area contributed by atoms with Crippen LogP contribution in [0.25, 0.3) is 0 Å². The molecule has 17 heteroatoms. The van der Waals surface area contributed by atoms with E-state index in [0.29, 0.717) is 0 Å². The maximum absolute atomic E-state index is 8.52. The summed E-state index contributed by atoms with van der Waals surface area (Å²) in [5, 5.41) is 0. The molecule has 0 fully saturated rings. The number of rotatable bonds is 0. The summed E-state index contributed by atoms with van der Waals surface area (Å²) < 4.78 is 102. The smallest absolute Gasteiger partial charge is 0.759 e. The molecule has 0 atom stereocenters. The average Bonchev–Trinajstić information content (AvgIpc) is 1.41. The van der Waals surface area contributed by atoms with Crippen molar-refractivity contribution < 1.29 is 85.6 Å². The third-order valence-electron chi connectivity index (χ3n) is 0. The number of hydrogen-bond acceptors (Lipinski definition) is 12. The predicted molar refractivity (Wildman–Crippen MR) is 31.4 cm³/mol. The van der Waals surface area contributed by atoms with Gasteiger partial charge in [-0.25, -0.2) is 0 Å². The Hall–Kier alpha value is 0.597. The van der Waals surface area contributed by atoms with E-state index in [4.69, 9.17) is 52.6 Å². The van der Waals surface area contributed by atoms with E-state index < -0.39 is 31.2 Å². The van der Waals surface area contributed by atoms with Gasteiger partial charge in [0.1, 0.15) is 0 Å². The number of hydrogen-bond donors (Lipinski definition) is 0. The van der Waals surface area contributed by atoms with Gasteiger partial charge in [-0.15, -0.1) is 0 Å². The topological polar surface area (TPSA) is 241 Å². The standard InChI is InChI=1S/2Ni.3H2O4S/c;;3*1-5(2,3)4/h;;3*(H2,1,2,3,4)/q2*+3;;;/p-6. The summed E-state index contributed by atoms with van der Waals surface area (Å²) in [5.41, 5.74) is 0. The molecule has 12 nitrogen and oxygen atoms in total. The molecule has 0 aromatic carbocycles. The molecule has 0 aliphatic carbocycles. The molecule has 0 saturated heterocycles. The van der Waals surface area contributed by atoms with Crippen molar-refractivity contribution in [2.75, 3.05) is 0 Å². The van der Waals surface area contributed by atoms with Crippen LogP contribution in [0.15, 0.2) is 0 Å². The van der Waals surface area contributed by atoms with Crippen molar-refractivity contribution in [1.29, 1.82) is 0 Å². The van der Waals surface area contributed by atoms with Gasteiger partial charge in [-0.3, -0.25) is 25.3 Å². The quantitative estimate of drug-likeness (QED) is 0.212. The van der Waals surface area contributed by atoms with Crippen molar-refractivity contribution in [1.82, 2.24) is 0 Å². The first kappa shape index (κ1) is 30.5. The van der Waals surface area contributed by atoms with Gasteiger partial charge < -0.3 is 27.3 Å². The first-order chi connectivity index (χ1) is 6.00. The van der Waals surface area contributed by atoms with Crippen LogP contribution in [0.1, 0.15) is 0 Å². The van der Waals surface area contributed by atoms with Gasteiger partial charge in [-0.2, -0.15) is 0 Å². The molecule has 0 aromatic rings. The van der Waals surface area contributed by atoms with Crippen molar-refractivity contribution in [2.24, 2.45) is 0 Å². The van der Waals surface area contributed by atoms with Crippen molar-refractivity contribution >= 4 is 31.2 Å². The summed E-state index contributed by atoms with van der Waals surface area (Å²) in [7, 11) is -15.5. The molecule has 0 rings (SSSR count). The molecule has 0 spiro atoms. The van der Waals surface area contributed by atoms with Crippen LogP contribution in [0, 0.1) is 0 Å². The third kappa shape index (κ3) is 9920. The summed E-state index contributed by atoms with van der Waals surface area (Å²) >= 11 is 0.